The van der Waals surface area contributed by atoms with Crippen LogP contribution in [-0.2, 0) is 17.7 Å². The molecule has 1 aromatic rings. The zero-order chi connectivity index (χ0) is 14.8. The Morgan fingerprint density at radius 3 is 2.95 bits per heavy atom. The van der Waals surface area contributed by atoms with Gasteiger partial charge in [0.05, 0.1) is 12.2 Å². The number of anilines is 1. The Labute approximate surface area is 128 Å². The lowest BCUT2D eigenvalue weighted by atomic mass is 10.0. The van der Waals surface area contributed by atoms with Crippen molar-refractivity contribution in [3.05, 3.63) is 17.5 Å². The first-order chi connectivity index (χ1) is 10.1. The van der Waals surface area contributed by atoms with Crippen LogP contribution in [0.1, 0.15) is 31.0 Å². The molecule has 0 unspecified atom stereocenters. The van der Waals surface area contributed by atoms with Crippen LogP contribution in [0.25, 0.3) is 0 Å². The Bertz CT molecular complexity index is 534. The maximum atomic E-state index is 11.4. The first kappa shape index (κ1) is 14.5. The minimum Gasteiger partial charge on any atom is -0.381 e. The fraction of sp³-hybridized carbons (Fsp3) is 0.643. The lowest BCUT2D eigenvalue weighted by molar-refractivity contribution is 0.0903. The molecule has 3 heterocycles. The monoisotopic (exact) mass is 310 g/mol. The van der Waals surface area contributed by atoms with Gasteiger partial charge in [-0.1, -0.05) is 0 Å². The standard InChI is InChI=1S/C14H19ClN4O2/c1-9-6-10-7-16-14(17-11-2-4-21-5-3-11)18-12(10)8-19(9)13(15)20/h7,9,11H,2-6,8H2,1H3,(H,16,17,18)/t9-/m1/s1. The first-order valence-electron chi connectivity index (χ1n) is 7.28. The van der Waals surface area contributed by atoms with Crippen LogP contribution in [-0.4, -0.2) is 45.5 Å². The number of carbonyl (C=O) groups is 1. The van der Waals surface area contributed by atoms with Gasteiger partial charge >= 0.3 is 5.37 Å². The van der Waals surface area contributed by atoms with Crippen LogP contribution in [0.4, 0.5) is 10.7 Å². The molecule has 1 amide bonds. The average Bonchev–Trinajstić information content (AvgIpc) is 2.47. The molecule has 0 aliphatic carbocycles. The van der Waals surface area contributed by atoms with Crippen molar-refractivity contribution < 1.29 is 9.53 Å². The summed E-state index contributed by atoms with van der Waals surface area (Å²) in [5.74, 6) is 0.622. The van der Waals surface area contributed by atoms with Crippen LogP contribution in [0.2, 0.25) is 0 Å². The largest absolute Gasteiger partial charge is 0.381 e. The van der Waals surface area contributed by atoms with Crippen molar-refractivity contribution in [2.24, 2.45) is 0 Å². The number of fused-ring (bicyclic) bond motifs is 1. The van der Waals surface area contributed by atoms with E-state index in [-0.39, 0.29) is 6.04 Å². The Hall–Kier alpha value is -1.40. The Morgan fingerprint density at radius 1 is 1.48 bits per heavy atom. The molecule has 6 nitrogen and oxygen atoms in total. The molecule has 1 saturated heterocycles. The summed E-state index contributed by atoms with van der Waals surface area (Å²) < 4.78 is 5.34. The molecule has 0 saturated carbocycles. The highest BCUT2D eigenvalue weighted by Crippen LogP contribution is 2.24. The molecule has 114 valence electrons. The predicted octanol–water partition coefficient (Wildman–Crippen LogP) is 2.17. The summed E-state index contributed by atoms with van der Waals surface area (Å²) in [5, 5.41) is 2.92. The highest BCUT2D eigenvalue weighted by atomic mass is 35.5. The second-order valence-corrected chi connectivity index (χ2v) is 5.95. The van der Waals surface area contributed by atoms with Gasteiger partial charge in [0.2, 0.25) is 5.95 Å². The number of aromatic nitrogens is 2. The van der Waals surface area contributed by atoms with Gasteiger partial charge in [0, 0.05) is 31.5 Å². The second kappa shape index (κ2) is 6.15. The lowest BCUT2D eigenvalue weighted by Gasteiger charge is -2.32. The lowest BCUT2D eigenvalue weighted by Crippen LogP contribution is -2.40. The SMILES string of the molecule is C[C@@H]1Cc2cnc(NC3CCOCC3)nc2CN1C(=O)Cl. The van der Waals surface area contributed by atoms with Crippen LogP contribution in [0.15, 0.2) is 6.20 Å². The summed E-state index contributed by atoms with van der Waals surface area (Å²) in [6.45, 7) is 3.98. The quantitative estimate of drug-likeness (QED) is 0.670. The molecule has 1 fully saturated rings. The number of halogens is 1. The molecule has 7 heteroatoms. The molecule has 0 spiro atoms. The van der Waals surface area contributed by atoms with Crippen molar-refractivity contribution in [3.8, 4) is 0 Å². The van der Waals surface area contributed by atoms with Gasteiger partial charge < -0.3 is 15.0 Å². The smallest absolute Gasteiger partial charge is 0.316 e. The molecule has 0 radical (unpaired) electrons. The fourth-order valence-electron chi connectivity index (χ4n) is 2.82. The Kier molecular flexibility index (Phi) is 4.26. The highest BCUT2D eigenvalue weighted by Gasteiger charge is 2.27. The average molecular weight is 311 g/mol. The third-order valence-corrected chi connectivity index (χ3v) is 4.32. The minimum absolute atomic E-state index is 0.0837. The number of nitrogens with zero attached hydrogens (tertiary/aromatic N) is 3. The summed E-state index contributed by atoms with van der Waals surface area (Å²) in [5.41, 5.74) is 1.97. The van der Waals surface area contributed by atoms with E-state index >= 15 is 0 Å². The van der Waals surface area contributed by atoms with Crippen LogP contribution in [0.5, 0.6) is 0 Å². The van der Waals surface area contributed by atoms with Crippen molar-refractivity contribution in [1.29, 1.82) is 0 Å². The molecule has 0 aromatic carbocycles. The first-order valence-corrected chi connectivity index (χ1v) is 7.66. The highest BCUT2D eigenvalue weighted by molar-refractivity contribution is 6.62. The summed E-state index contributed by atoms with van der Waals surface area (Å²) in [7, 11) is 0. The zero-order valence-electron chi connectivity index (χ0n) is 12.0. The van der Waals surface area contributed by atoms with Crippen LogP contribution >= 0.6 is 11.6 Å². The summed E-state index contributed by atoms with van der Waals surface area (Å²) in [6, 6.07) is 0.436. The van der Waals surface area contributed by atoms with Crippen molar-refractivity contribution >= 4 is 22.9 Å². The van der Waals surface area contributed by atoms with Gasteiger partial charge in [0.15, 0.2) is 0 Å². The van der Waals surface area contributed by atoms with Crippen LogP contribution in [0, 0.1) is 0 Å². The van der Waals surface area contributed by atoms with E-state index in [2.05, 4.69) is 15.3 Å². The maximum absolute atomic E-state index is 11.4. The van der Waals surface area contributed by atoms with E-state index in [1.807, 2.05) is 13.1 Å². The predicted molar refractivity (Wildman–Crippen MR) is 79.5 cm³/mol. The topological polar surface area (TPSA) is 67.4 Å². The third-order valence-electron chi connectivity index (χ3n) is 4.10. The van der Waals surface area contributed by atoms with Gasteiger partial charge in [-0.2, -0.15) is 0 Å². The van der Waals surface area contributed by atoms with Crippen molar-refractivity contribution in [3.63, 3.8) is 0 Å². The van der Waals surface area contributed by atoms with E-state index in [4.69, 9.17) is 16.3 Å². The van der Waals surface area contributed by atoms with Gasteiger partial charge in [-0.15, -0.1) is 0 Å². The molecule has 1 N–H and O–H groups in total. The van der Waals surface area contributed by atoms with E-state index in [1.54, 1.807) is 4.90 Å². The van der Waals surface area contributed by atoms with E-state index in [9.17, 15) is 4.79 Å². The second-order valence-electron chi connectivity index (χ2n) is 5.63. The molecule has 2 aliphatic heterocycles. The molecule has 1 aromatic heterocycles. The Balaban J connectivity index is 1.74. The number of hydrogen-bond acceptors (Lipinski definition) is 5. The van der Waals surface area contributed by atoms with Gasteiger partial charge in [0.1, 0.15) is 0 Å². The third kappa shape index (κ3) is 3.27. The van der Waals surface area contributed by atoms with E-state index in [0.29, 0.717) is 18.5 Å². The number of hydrogen-bond donors (Lipinski definition) is 1. The number of ether oxygens (including phenoxy) is 1. The molecule has 0 bridgehead atoms. The fourth-order valence-corrected chi connectivity index (χ4v) is 3.05. The van der Waals surface area contributed by atoms with Crippen LogP contribution < -0.4 is 5.32 Å². The molecule has 21 heavy (non-hydrogen) atoms. The number of amides is 1. The van der Waals surface area contributed by atoms with Gasteiger partial charge in [0.25, 0.3) is 0 Å². The van der Waals surface area contributed by atoms with E-state index in [0.717, 1.165) is 43.7 Å². The van der Waals surface area contributed by atoms with Gasteiger partial charge in [-0.25, -0.2) is 9.97 Å². The maximum Gasteiger partial charge on any atom is 0.316 e. The number of carbonyl (C=O) groups excluding carboxylic acids is 1. The van der Waals surface area contributed by atoms with Gasteiger partial charge in [-0.05, 0) is 43.4 Å². The summed E-state index contributed by atoms with van der Waals surface area (Å²) in [4.78, 5) is 22.0. The number of rotatable bonds is 2. The van der Waals surface area contributed by atoms with Gasteiger partial charge in [-0.3, -0.25) is 4.79 Å². The molecule has 3 rings (SSSR count). The molecule has 1 atom stereocenters. The van der Waals surface area contributed by atoms with Crippen LogP contribution in [0.3, 0.4) is 0 Å². The minimum atomic E-state index is -0.425. The van der Waals surface area contributed by atoms with Crippen molar-refractivity contribution in [2.45, 2.75) is 44.8 Å². The molecular weight excluding hydrogens is 292 g/mol. The normalized spacial score (nSPS) is 22.8. The van der Waals surface area contributed by atoms with Crippen molar-refractivity contribution in [1.82, 2.24) is 14.9 Å². The molecular formula is C14H19ClN4O2. The van der Waals surface area contributed by atoms with E-state index < -0.39 is 5.37 Å². The zero-order valence-corrected chi connectivity index (χ0v) is 12.8. The van der Waals surface area contributed by atoms with E-state index in [1.165, 1.54) is 0 Å². The van der Waals surface area contributed by atoms with Crippen molar-refractivity contribution in [2.75, 3.05) is 18.5 Å². The summed E-state index contributed by atoms with van der Waals surface area (Å²) in [6.07, 6.45) is 4.52. The Morgan fingerprint density at radius 2 is 2.24 bits per heavy atom. The summed E-state index contributed by atoms with van der Waals surface area (Å²) >= 11 is 5.63. The molecule has 2 aliphatic rings. The number of nitrogens with one attached hydrogen (secondary N) is 1.